The molecule has 0 aliphatic heterocycles. The molecule has 0 spiro atoms. The summed E-state index contributed by atoms with van der Waals surface area (Å²) in [5.41, 5.74) is -0.136. The first kappa shape index (κ1) is 11.2. The summed E-state index contributed by atoms with van der Waals surface area (Å²) in [5, 5.41) is 2.67. The molecule has 3 nitrogen and oxygen atoms in total. The Morgan fingerprint density at radius 2 is 2.24 bits per heavy atom. The molecule has 2 heterocycles. The van der Waals surface area contributed by atoms with Gasteiger partial charge in [0.05, 0.1) is 5.39 Å². The maximum absolute atomic E-state index is 12.5. The van der Waals surface area contributed by atoms with E-state index in [1.807, 2.05) is 11.4 Å². The van der Waals surface area contributed by atoms with Gasteiger partial charge < -0.3 is 4.98 Å². The molecule has 0 saturated heterocycles. The van der Waals surface area contributed by atoms with Crippen molar-refractivity contribution in [2.24, 2.45) is 5.92 Å². The molecule has 1 saturated carbocycles. The number of fused-ring (bicyclic) bond motifs is 1. The normalized spacial score (nSPS) is 16.6. The average molecular weight is 266 g/mol. The molecule has 0 bridgehead atoms. The first-order valence-electron chi connectivity index (χ1n) is 5.75. The number of nitrogens with one attached hydrogen (secondary N) is 1. The topological polar surface area (TPSA) is 37.8 Å². The van der Waals surface area contributed by atoms with E-state index in [0.29, 0.717) is 10.7 Å². The van der Waals surface area contributed by atoms with Crippen LogP contribution in [-0.4, -0.2) is 9.55 Å². The Morgan fingerprint density at radius 3 is 2.88 bits per heavy atom. The summed E-state index contributed by atoms with van der Waals surface area (Å²) in [7, 11) is 0. The molecule has 3 rings (SSSR count). The zero-order valence-electron chi connectivity index (χ0n) is 9.82. The minimum atomic E-state index is -0.180. The number of aromatic nitrogens is 2. The lowest BCUT2D eigenvalue weighted by Crippen LogP contribution is -2.39. The van der Waals surface area contributed by atoms with Gasteiger partial charge in [-0.1, -0.05) is 0 Å². The first-order valence-corrected chi connectivity index (χ1v) is 7.03. The minimum absolute atomic E-state index is 0.0434. The third kappa shape index (κ3) is 1.60. The summed E-state index contributed by atoms with van der Waals surface area (Å²) in [4.78, 5) is 16.5. The molecule has 0 unspecified atom stereocenters. The van der Waals surface area contributed by atoms with E-state index in [0.717, 1.165) is 10.2 Å². The quantitative estimate of drug-likeness (QED) is 0.847. The lowest BCUT2D eigenvalue weighted by molar-refractivity contribution is 0.290. The predicted molar refractivity (Wildman–Crippen MR) is 73.3 cm³/mol. The third-order valence-corrected chi connectivity index (χ3v) is 4.79. The van der Waals surface area contributed by atoms with Crippen LogP contribution < -0.4 is 5.56 Å². The summed E-state index contributed by atoms with van der Waals surface area (Å²) in [6, 6.07) is 1.87. The summed E-state index contributed by atoms with van der Waals surface area (Å²) < 4.78 is 2.30. The summed E-state index contributed by atoms with van der Waals surface area (Å²) in [5.74, 6) is 0.575. The molecule has 2 aromatic rings. The van der Waals surface area contributed by atoms with Crippen LogP contribution in [0.5, 0.6) is 0 Å². The van der Waals surface area contributed by atoms with Gasteiger partial charge >= 0.3 is 0 Å². The van der Waals surface area contributed by atoms with Gasteiger partial charge in [-0.3, -0.25) is 9.36 Å². The standard InChI is InChI=1S/C12H14N2OS2/c1-12(2,7-3-4-7)14-10(15)8-5-6-17-9(8)13-11(14)16/h5-7H,3-4H2,1-2H3,(H,13,16). The highest BCUT2D eigenvalue weighted by Gasteiger charge is 2.40. The Hall–Kier alpha value is -0.940. The van der Waals surface area contributed by atoms with Crippen molar-refractivity contribution in [1.82, 2.24) is 9.55 Å². The van der Waals surface area contributed by atoms with Crippen LogP contribution in [0.25, 0.3) is 10.2 Å². The fourth-order valence-corrected chi connectivity index (χ4v) is 3.70. The number of hydrogen-bond acceptors (Lipinski definition) is 3. The lowest BCUT2D eigenvalue weighted by Gasteiger charge is -2.27. The van der Waals surface area contributed by atoms with Crippen molar-refractivity contribution in [3.8, 4) is 0 Å². The van der Waals surface area contributed by atoms with Crippen molar-refractivity contribution >= 4 is 33.8 Å². The van der Waals surface area contributed by atoms with Crippen LogP contribution in [0.3, 0.4) is 0 Å². The molecule has 17 heavy (non-hydrogen) atoms. The monoisotopic (exact) mass is 266 g/mol. The highest BCUT2D eigenvalue weighted by atomic mass is 32.1. The molecule has 1 N–H and O–H groups in total. The Morgan fingerprint density at radius 1 is 1.53 bits per heavy atom. The van der Waals surface area contributed by atoms with Gasteiger partial charge in [-0.2, -0.15) is 0 Å². The molecule has 1 aliphatic rings. The molecule has 5 heteroatoms. The molecule has 1 fully saturated rings. The first-order chi connectivity index (χ1) is 8.01. The minimum Gasteiger partial charge on any atom is -0.323 e. The lowest BCUT2D eigenvalue weighted by atomic mass is 9.98. The molecular formula is C12H14N2OS2. The smallest absolute Gasteiger partial charge is 0.263 e. The number of aromatic amines is 1. The van der Waals surface area contributed by atoms with Crippen molar-refractivity contribution in [2.75, 3.05) is 0 Å². The van der Waals surface area contributed by atoms with Crippen LogP contribution in [0, 0.1) is 10.7 Å². The zero-order chi connectivity index (χ0) is 12.2. The second-order valence-corrected chi connectivity index (χ2v) is 6.46. The molecule has 0 amide bonds. The van der Waals surface area contributed by atoms with Crippen LogP contribution in [0.4, 0.5) is 0 Å². The number of H-pyrrole nitrogens is 1. The summed E-state index contributed by atoms with van der Waals surface area (Å²) in [6.07, 6.45) is 2.38. The zero-order valence-corrected chi connectivity index (χ0v) is 11.5. The second-order valence-electron chi connectivity index (χ2n) is 5.16. The van der Waals surface area contributed by atoms with Gasteiger partial charge in [-0.25, -0.2) is 0 Å². The molecule has 0 atom stereocenters. The Bertz CT molecular complexity index is 688. The van der Waals surface area contributed by atoms with Gasteiger partial charge in [0.1, 0.15) is 4.83 Å². The number of nitrogens with zero attached hydrogens (tertiary/aromatic N) is 1. The maximum Gasteiger partial charge on any atom is 0.263 e. The summed E-state index contributed by atoms with van der Waals surface area (Å²) in [6.45, 7) is 4.21. The van der Waals surface area contributed by atoms with Gasteiger partial charge in [0.2, 0.25) is 0 Å². The van der Waals surface area contributed by atoms with Crippen LogP contribution in [-0.2, 0) is 5.54 Å². The Balaban J connectivity index is 2.35. The third-order valence-electron chi connectivity index (χ3n) is 3.68. The Labute approximate surface area is 108 Å². The second kappa shape index (κ2) is 3.53. The molecule has 2 aromatic heterocycles. The van der Waals surface area contributed by atoms with Crippen LogP contribution >= 0.6 is 23.6 Å². The van der Waals surface area contributed by atoms with E-state index in [-0.39, 0.29) is 11.1 Å². The van der Waals surface area contributed by atoms with Crippen LogP contribution in [0.15, 0.2) is 16.2 Å². The average Bonchev–Trinajstić information content (AvgIpc) is 2.99. The van der Waals surface area contributed by atoms with E-state index in [1.54, 1.807) is 4.57 Å². The number of rotatable bonds is 2. The van der Waals surface area contributed by atoms with Crippen molar-refractivity contribution in [3.05, 3.63) is 26.6 Å². The highest BCUT2D eigenvalue weighted by Crippen LogP contribution is 2.43. The fraction of sp³-hybridized carbons (Fsp3) is 0.500. The highest BCUT2D eigenvalue weighted by molar-refractivity contribution is 7.71. The van der Waals surface area contributed by atoms with Crippen molar-refractivity contribution in [1.29, 1.82) is 0 Å². The molecule has 90 valence electrons. The van der Waals surface area contributed by atoms with Crippen molar-refractivity contribution in [2.45, 2.75) is 32.2 Å². The molecular weight excluding hydrogens is 252 g/mol. The SMILES string of the molecule is CC(C)(C1CC1)n1c(=S)[nH]c2sccc2c1=O. The van der Waals surface area contributed by atoms with Gasteiger partial charge in [-0.05, 0) is 56.3 Å². The fourth-order valence-electron chi connectivity index (χ4n) is 2.44. The van der Waals surface area contributed by atoms with Gasteiger partial charge in [0.25, 0.3) is 5.56 Å². The Kier molecular flexibility index (Phi) is 2.32. The number of hydrogen-bond donors (Lipinski definition) is 1. The van der Waals surface area contributed by atoms with Crippen molar-refractivity contribution in [3.63, 3.8) is 0 Å². The number of thiophene rings is 1. The van der Waals surface area contributed by atoms with Crippen LogP contribution in [0.1, 0.15) is 26.7 Å². The van der Waals surface area contributed by atoms with Gasteiger partial charge in [-0.15, -0.1) is 11.3 Å². The molecule has 0 aromatic carbocycles. The van der Waals surface area contributed by atoms with Gasteiger partial charge in [0, 0.05) is 5.54 Å². The van der Waals surface area contributed by atoms with E-state index in [4.69, 9.17) is 12.2 Å². The van der Waals surface area contributed by atoms with E-state index in [9.17, 15) is 4.79 Å². The molecule has 0 radical (unpaired) electrons. The van der Waals surface area contributed by atoms with E-state index in [2.05, 4.69) is 18.8 Å². The van der Waals surface area contributed by atoms with E-state index < -0.39 is 0 Å². The summed E-state index contributed by atoms with van der Waals surface area (Å²) >= 11 is 6.87. The van der Waals surface area contributed by atoms with Gasteiger partial charge in [0.15, 0.2) is 4.77 Å². The van der Waals surface area contributed by atoms with Crippen LogP contribution in [0.2, 0.25) is 0 Å². The maximum atomic E-state index is 12.5. The largest absolute Gasteiger partial charge is 0.323 e. The van der Waals surface area contributed by atoms with Crippen molar-refractivity contribution < 1.29 is 0 Å². The predicted octanol–water partition coefficient (Wildman–Crippen LogP) is 3.27. The molecule has 1 aliphatic carbocycles. The van der Waals surface area contributed by atoms with E-state index in [1.165, 1.54) is 24.2 Å². The van der Waals surface area contributed by atoms with E-state index >= 15 is 0 Å².